The highest BCUT2D eigenvalue weighted by molar-refractivity contribution is 7.89. The molecule has 0 atom stereocenters. The first-order chi connectivity index (χ1) is 11.2. The quantitative estimate of drug-likeness (QED) is 0.820. The van der Waals surface area contributed by atoms with E-state index in [1.807, 2.05) is 33.8 Å². The normalized spacial score (nSPS) is 15.8. The molecular formula is C17H26N2O4S. The van der Waals surface area contributed by atoms with Crippen LogP contribution in [-0.4, -0.2) is 63.4 Å². The molecule has 1 saturated heterocycles. The Morgan fingerprint density at radius 3 is 2.12 bits per heavy atom. The van der Waals surface area contributed by atoms with Gasteiger partial charge >= 0.3 is 0 Å². The van der Waals surface area contributed by atoms with Gasteiger partial charge in [-0.2, -0.15) is 4.31 Å². The number of sulfonamides is 1. The number of hydrogen-bond acceptors (Lipinski definition) is 4. The summed E-state index contributed by atoms with van der Waals surface area (Å²) in [6.45, 7) is 9.28. The van der Waals surface area contributed by atoms with Crippen LogP contribution in [0.15, 0.2) is 11.0 Å². The van der Waals surface area contributed by atoms with Crippen LogP contribution in [-0.2, 0) is 19.6 Å². The van der Waals surface area contributed by atoms with E-state index in [0.717, 1.165) is 26.6 Å². The van der Waals surface area contributed by atoms with Crippen LogP contribution in [0.4, 0.5) is 0 Å². The number of carbonyl (C=O) groups excluding carboxylic acids is 1. The van der Waals surface area contributed by atoms with Crippen LogP contribution in [0.3, 0.4) is 0 Å². The molecule has 0 saturated carbocycles. The maximum Gasteiger partial charge on any atom is 0.243 e. The summed E-state index contributed by atoms with van der Waals surface area (Å²) in [6.07, 6.45) is 0. The molecule has 1 aromatic rings. The van der Waals surface area contributed by atoms with Crippen molar-refractivity contribution in [1.29, 1.82) is 0 Å². The lowest BCUT2D eigenvalue weighted by molar-refractivity contribution is -0.135. The zero-order chi connectivity index (χ0) is 18.1. The summed E-state index contributed by atoms with van der Waals surface area (Å²) in [6, 6.07) is 1.99. The topological polar surface area (TPSA) is 66.9 Å². The van der Waals surface area contributed by atoms with E-state index in [1.54, 1.807) is 4.90 Å². The van der Waals surface area contributed by atoms with Gasteiger partial charge in [-0.15, -0.1) is 0 Å². The highest BCUT2D eigenvalue weighted by Crippen LogP contribution is 2.28. The van der Waals surface area contributed by atoms with Gasteiger partial charge in [0.1, 0.15) is 0 Å². The van der Waals surface area contributed by atoms with Gasteiger partial charge in [-0.25, -0.2) is 8.42 Å². The van der Waals surface area contributed by atoms with Crippen LogP contribution in [0.2, 0.25) is 0 Å². The van der Waals surface area contributed by atoms with Crippen LogP contribution in [0.5, 0.6) is 0 Å². The fourth-order valence-electron chi connectivity index (χ4n) is 2.91. The summed E-state index contributed by atoms with van der Waals surface area (Å²) in [5, 5.41) is 0. The molecule has 6 nitrogen and oxygen atoms in total. The van der Waals surface area contributed by atoms with Gasteiger partial charge in [0, 0.05) is 20.1 Å². The van der Waals surface area contributed by atoms with Crippen molar-refractivity contribution in [3.63, 3.8) is 0 Å². The number of benzene rings is 1. The first-order valence-corrected chi connectivity index (χ1v) is 9.49. The first-order valence-electron chi connectivity index (χ1n) is 8.05. The third kappa shape index (κ3) is 3.63. The number of aryl methyl sites for hydroxylation is 2. The summed E-state index contributed by atoms with van der Waals surface area (Å²) < 4.78 is 32.4. The van der Waals surface area contributed by atoms with E-state index in [-0.39, 0.29) is 12.5 Å². The minimum Gasteiger partial charge on any atom is -0.378 e. The molecule has 1 fully saturated rings. The molecule has 134 valence electrons. The second kappa shape index (κ2) is 7.21. The molecule has 1 amide bonds. The minimum absolute atomic E-state index is 0.159. The van der Waals surface area contributed by atoms with E-state index in [1.165, 1.54) is 7.05 Å². The predicted molar refractivity (Wildman–Crippen MR) is 92.6 cm³/mol. The predicted octanol–water partition coefficient (Wildman–Crippen LogP) is 1.40. The van der Waals surface area contributed by atoms with E-state index < -0.39 is 10.0 Å². The number of amides is 1. The molecular weight excluding hydrogens is 328 g/mol. The van der Waals surface area contributed by atoms with Crippen LogP contribution >= 0.6 is 0 Å². The lowest BCUT2D eigenvalue weighted by atomic mass is 10.0. The zero-order valence-electron chi connectivity index (χ0n) is 15.0. The lowest BCUT2D eigenvalue weighted by Gasteiger charge is -2.29. The van der Waals surface area contributed by atoms with Crippen molar-refractivity contribution in [2.24, 2.45) is 0 Å². The number of nitrogens with zero attached hydrogens (tertiary/aromatic N) is 2. The van der Waals surface area contributed by atoms with E-state index >= 15 is 0 Å². The monoisotopic (exact) mass is 354 g/mol. The number of rotatable bonds is 4. The number of ether oxygens (including phenoxy) is 1. The van der Waals surface area contributed by atoms with Crippen LogP contribution < -0.4 is 0 Å². The molecule has 0 spiro atoms. The van der Waals surface area contributed by atoms with E-state index in [0.29, 0.717) is 31.2 Å². The Balaban J connectivity index is 2.28. The molecule has 1 aliphatic rings. The number of hydrogen-bond donors (Lipinski definition) is 0. The van der Waals surface area contributed by atoms with Gasteiger partial charge < -0.3 is 9.64 Å². The summed E-state index contributed by atoms with van der Waals surface area (Å²) in [7, 11) is -2.26. The number of morpholine rings is 1. The van der Waals surface area contributed by atoms with Gasteiger partial charge in [0.15, 0.2) is 0 Å². The van der Waals surface area contributed by atoms with Crippen molar-refractivity contribution in [3.05, 3.63) is 28.3 Å². The second-order valence-corrected chi connectivity index (χ2v) is 8.33. The molecule has 2 rings (SSSR count). The van der Waals surface area contributed by atoms with E-state index in [9.17, 15) is 13.2 Å². The van der Waals surface area contributed by atoms with Crippen LogP contribution in [0.25, 0.3) is 0 Å². The van der Waals surface area contributed by atoms with Crippen LogP contribution in [0, 0.1) is 27.7 Å². The number of likely N-dealkylation sites (N-methyl/N-ethyl adjacent to an activating group) is 1. The molecule has 24 heavy (non-hydrogen) atoms. The average molecular weight is 354 g/mol. The molecule has 1 heterocycles. The summed E-state index contributed by atoms with van der Waals surface area (Å²) in [4.78, 5) is 14.3. The lowest BCUT2D eigenvalue weighted by Crippen LogP contribution is -2.46. The standard InChI is InChI=1S/C17H26N2O4S/c1-12-10-13(2)15(4)17(14(12)3)24(21,22)18(5)11-16(20)19-6-8-23-9-7-19/h10H,6-9,11H2,1-5H3. The SMILES string of the molecule is Cc1cc(C)c(C)c(S(=O)(=O)N(C)CC(=O)N2CCOCC2)c1C. The van der Waals surface area contributed by atoms with E-state index in [4.69, 9.17) is 4.74 Å². The van der Waals surface area contributed by atoms with Crippen molar-refractivity contribution in [2.75, 3.05) is 39.9 Å². The average Bonchev–Trinajstić information content (AvgIpc) is 2.53. The summed E-state index contributed by atoms with van der Waals surface area (Å²) >= 11 is 0. The van der Waals surface area contributed by atoms with Crippen molar-refractivity contribution in [1.82, 2.24) is 9.21 Å². The molecule has 0 unspecified atom stereocenters. The van der Waals surface area contributed by atoms with Crippen molar-refractivity contribution >= 4 is 15.9 Å². The van der Waals surface area contributed by atoms with Crippen LogP contribution in [0.1, 0.15) is 22.3 Å². The molecule has 1 aliphatic heterocycles. The summed E-state index contributed by atoms with van der Waals surface area (Å²) in [5.74, 6) is -0.191. The summed E-state index contributed by atoms with van der Waals surface area (Å²) in [5.41, 5.74) is 3.35. The Labute approximate surface area is 144 Å². The maximum absolute atomic E-state index is 13.0. The van der Waals surface area contributed by atoms with Gasteiger partial charge in [-0.3, -0.25) is 4.79 Å². The van der Waals surface area contributed by atoms with Gasteiger partial charge in [0.25, 0.3) is 0 Å². The number of carbonyl (C=O) groups is 1. The Morgan fingerprint density at radius 2 is 1.62 bits per heavy atom. The Kier molecular flexibility index (Phi) is 5.67. The van der Waals surface area contributed by atoms with E-state index in [2.05, 4.69) is 0 Å². The largest absolute Gasteiger partial charge is 0.378 e. The van der Waals surface area contributed by atoms with Crippen molar-refractivity contribution in [2.45, 2.75) is 32.6 Å². The Bertz CT molecular complexity index is 711. The third-order valence-electron chi connectivity index (χ3n) is 4.69. The molecule has 0 radical (unpaired) electrons. The minimum atomic E-state index is -3.72. The fourth-order valence-corrected chi connectivity index (χ4v) is 4.60. The van der Waals surface area contributed by atoms with Gasteiger partial charge in [0.05, 0.1) is 24.7 Å². The fraction of sp³-hybridized carbons (Fsp3) is 0.588. The maximum atomic E-state index is 13.0. The molecule has 0 aliphatic carbocycles. The molecule has 1 aromatic carbocycles. The van der Waals surface area contributed by atoms with Gasteiger partial charge in [-0.05, 0) is 49.9 Å². The zero-order valence-corrected chi connectivity index (χ0v) is 15.9. The highest BCUT2D eigenvalue weighted by Gasteiger charge is 2.29. The smallest absolute Gasteiger partial charge is 0.243 e. The van der Waals surface area contributed by atoms with Gasteiger partial charge in [-0.1, -0.05) is 6.07 Å². The molecule has 0 aromatic heterocycles. The second-order valence-electron chi connectivity index (χ2n) is 6.34. The third-order valence-corrected chi connectivity index (χ3v) is 6.77. The Morgan fingerprint density at radius 1 is 1.12 bits per heavy atom. The molecule has 7 heteroatoms. The molecule has 0 N–H and O–H groups in total. The highest BCUT2D eigenvalue weighted by atomic mass is 32.2. The van der Waals surface area contributed by atoms with Crippen molar-refractivity contribution < 1.29 is 17.9 Å². The Hall–Kier alpha value is -1.44. The van der Waals surface area contributed by atoms with Crippen molar-refractivity contribution in [3.8, 4) is 0 Å². The molecule has 0 bridgehead atoms. The first kappa shape index (κ1) is 18.9. The van der Waals surface area contributed by atoms with Gasteiger partial charge in [0.2, 0.25) is 15.9 Å².